The van der Waals surface area contributed by atoms with Crippen molar-refractivity contribution in [2.75, 3.05) is 12.4 Å². The number of anilines is 1. The third-order valence-electron chi connectivity index (χ3n) is 2.78. The van der Waals surface area contributed by atoms with Gasteiger partial charge in [0.05, 0.1) is 5.56 Å². The maximum atomic E-state index is 11.4. The van der Waals surface area contributed by atoms with Gasteiger partial charge in [0.15, 0.2) is 0 Å². The molecule has 20 heavy (non-hydrogen) atoms. The molecule has 2 aromatic rings. The van der Waals surface area contributed by atoms with Gasteiger partial charge in [0.1, 0.15) is 0 Å². The molecule has 5 nitrogen and oxygen atoms in total. The number of benzene rings is 1. The monoisotopic (exact) mass is 289 g/mol. The Bertz CT molecular complexity index is 620. The lowest BCUT2D eigenvalue weighted by Crippen LogP contribution is -2.17. The van der Waals surface area contributed by atoms with Crippen molar-refractivity contribution in [1.29, 1.82) is 0 Å². The number of thiophene rings is 1. The van der Waals surface area contributed by atoms with Crippen LogP contribution in [0.25, 0.3) is 0 Å². The first kappa shape index (κ1) is 14.1. The summed E-state index contributed by atoms with van der Waals surface area (Å²) in [5, 5.41) is 7.54. The first-order chi connectivity index (χ1) is 9.60. The van der Waals surface area contributed by atoms with Gasteiger partial charge in [0.2, 0.25) is 5.91 Å². The average Bonchev–Trinajstić information content (AvgIpc) is 2.94. The Morgan fingerprint density at radius 3 is 2.45 bits per heavy atom. The second kappa shape index (κ2) is 6.21. The zero-order valence-corrected chi connectivity index (χ0v) is 11.8. The highest BCUT2D eigenvalue weighted by Crippen LogP contribution is 2.17. The molecule has 0 saturated carbocycles. The Labute approximate surface area is 120 Å². The lowest BCUT2D eigenvalue weighted by atomic mass is 10.2. The number of carbonyl (C=O) groups is 2. The number of nitrogens with one attached hydrogen (secondary N) is 2. The molecule has 0 unspecified atom stereocenters. The molecule has 0 bridgehead atoms. The van der Waals surface area contributed by atoms with Crippen LogP contribution in [0.5, 0.6) is 0 Å². The minimum atomic E-state index is -0.414. The van der Waals surface area contributed by atoms with E-state index in [1.54, 1.807) is 30.6 Å². The van der Waals surface area contributed by atoms with E-state index in [9.17, 15) is 9.59 Å². The number of hydrogen-bond donors (Lipinski definition) is 3. The van der Waals surface area contributed by atoms with Crippen LogP contribution in [0.1, 0.15) is 25.6 Å². The van der Waals surface area contributed by atoms with E-state index in [0.29, 0.717) is 17.7 Å². The van der Waals surface area contributed by atoms with Crippen molar-refractivity contribution in [3.63, 3.8) is 0 Å². The molecule has 2 amide bonds. The van der Waals surface area contributed by atoms with Crippen LogP contribution in [-0.4, -0.2) is 18.9 Å². The minimum absolute atomic E-state index is 0.110. The summed E-state index contributed by atoms with van der Waals surface area (Å²) in [6.45, 7) is 0.608. The number of nitrogens with two attached hydrogens (primary N) is 1. The summed E-state index contributed by atoms with van der Waals surface area (Å²) < 4.78 is 0. The van der Waals surface area contributed by atoms with Crippen molar-refractivity contribution in [2.24, 2.45) is 5.73 Å². The van der Waals surface area contributed by atoms with Gasteiger partial charge in [-0.3, -0.25) is 9.59 Å². The quantitative estimate of drug-likeness (QED) is 0.785. The molecule has 2 rings (SSSR count). The Balaban J connectivity index is 1.96. The second-order valence-corrected chi connectivity index (χ2v) is 5.17. The van der Waals surface area contributed by atoms with Gasteiger partial charge in [0, 0.05) is 35.1 Å². The fourth-order valence-corrected chi connectivity index (χ4v) is 2.49. The van der Waals surface area contributed by atoms with E-state index in [1.807, 2.05) is 12.1 Å². The van der Waals surface area contributed by atoms with Crippen molar-refractivity contribution in [2.45, 2.75) is 6.54 Å². The highest BCUT2D eigenvalue weighted by Gasteiger charge is 2.05. The van der Waals surface area contributed by atoms with Crippen molar-refractivity contribution < 1.29 is 9.59 Å². The number of primary amides is 1. The van der Waals surface area contributed by atoms with Crippen LogP contribution in [0, 0.1) is 0 Å². The molecule has 104 valence electrons. The number of rotatable bonds is 5. The van der Waals surface area contributed by atoms with E-state index in [0.717, 1.165) is 10.6 Å². The van der Waals surface area contributed by atoms with Crippen LogP contribution in [0.2, 0.25) is 0 Å². The van der Waals surface area contributed by atoms with Gasteiger partial charge < -0.3 is 16.4 Å². The maximum absolute atomic E-state index is 11.4. The second-order valence-electron chi connectivity index (χ2n) is 4.18. The Kier molecular flexibility index (Phi) is 4.37. The summed E-state index contributed by atoms with van der Waals surface area (Å²) in [5.74, 6) is -0.525. The van der Waals surface area contributed by atoms with E-state index >= 15 is 0 Å². The van der Waals surface area contributed by atoms with Gasteiger partial charge in [-0.15, -0.1) is 11.3 Å². The standard InChI is InChI=1S/C14H15N3O2S/c1-16-14(19)9-2-4-11(5-3-9)17-7-12-6-10(8-20-12)13(15)18/h2-6,8,17H,7H2,1H3,(H2,15,18)(H,16,19). The molecule has 0 aliphatic rings. The molecule has 1 aromatic carbocycles. The summed E-state index contributed by atoms with van der Waals surface area (Å²) in [7, 11) is 1.60. The fourth-order valence-electron chi connectivity index (χ4n) is 1.68. The molecule has 0 fully saturated rings. The van der Waals surface area contributed by atoms with Crippen LogP contribution < -0.4 is 16.4 Å². The van der Waals surface area contributed by atoms with E-state index in [4.69, 9.17) is 5.73 Å². The van der Waals surface area contributed by atoms with E-state index in [1.165, 1.54) is 11.3 Å². The zero-order valence-electron chi connectivity index (χ0n) is 11.0. The van der Waals surface area contributed by atoms with Gasteiger partial charge in [-0.2, -0.15) is 0 Å². The van der Waals surface area contributed by atoms with Gasteiger partial charge in [0.25, 0.3) is 5.91 Å². The first-order valence-electron chi connectivity index (χ1n) is 6.03. The van der Waals surface area contributed by atoms with Crippen molar-refractivity contribution in [3.05, 3.63) is 51.7 Å². The van der Waals surface area contributed by atoms with Crippen LogP contribution in [-0.2, 0) is 6.54 Å². The van der Waals surface area contributed by atoms with Gasteiger partial charge >= 0.3 is 0 Å². The average molecular weight is 289 g/mol. The lowest BCUT2D eigenvalue weighted by Gasteiger charge is -2.06. The molecule has 0 radical (unpaired) electrons. The zero-order chi connectivity index (χ0) is 14.5. The molecule has 0 aliphatic heterocycles. The highest BCUT2D eigenvalue weighted by molar-refractivity contribution is 7.10. The highest BCUT2D eigenvalue weighted by atomic mass is 32.1. The summed E-state index contributed by atoms with van der Waals surface area (Å²) in [6.07, 6.45) is 0. The molecular weight excluding hydrogens is 274 g/mol. The Hall–Kier alpha value is -2.34. The van der Waals surface area contributed by atoms with Crippen molar-refractivity contribution in [3.8, 4) is 0 Å². The third kappa shape index (κ3) is 3.36. The smallest absolute Gasteiger partial charge is 0.251 e. The van der Waals surface area contributed by atoms with Crippen LogP contribution >= 0.6 is 11.3 Å². The molecule has 6 heteroatoms. The SMILES string of the molecule is CNC(=O)c1ccc(NCc2cc(C(N)=O)cs2)cc1. The molecule has 1 heterocycles. The number of hydrogen-bond acceptors (Lipinski definition) is 4. The number of amides is 2. The van der Waals surface area contributed by atoms with Crippen LogP contribution in [0.15, 0.2) is 35.7 Å². The van der Waals surface area contributed by atoms with E-state index in [-0.39, 0.29) is 5.91 Å². The molecule has 0 saturated heterocycles. The van der Waals surface area contributed by atoms with Crippen LogP contribution in [0.3, 0.4) is 0 Å². The largest absolute Gasteiger partial charge is 0.380 e. The molecule has 1 aromatic heterocycles. The Morgan fingerprint density at radius 2 is 1.90 bits per heavy atom. The molecule has 0 atom stereocenters. The van der Waals surface area contributed by atoms with E-state index in [2.05, 4.69) is 10.6 Å². The van der Waals surface area contributed by atoms with Gasteiger partial charge in [-0.1, -0.05) is 0 Å². The van der Waals surface area contributed by atoms with Crippen molar-refractivity contribution in [1.82, 2.24) is 5.32 Å². The third-order valence-corrected chi connectivity index (χ3v) is 3.72. The van der Waals surface area contributed by atoms with Gasteiger partial charge in [-0.05, 0) is 30.3 Å². The molecular formula is C14H15N3O2S. The van der Waals surface area contributed by atoms with Gasteiger partial charge in [-0.25, -0.2) is 0 Å². The lowest BCUT2D eigenvalue weighted by molar-refractivity contribution is 0.0961. The van der Waals surface area contributed by atoms with Crippen LogP contribution in [0.4, 0.5) is 5.69 Å². The number of carbonyl (C=O) groups excluding carboxylic acids is 2. The molecule has 0 spiro atoms. The summed E-state index contributed by atoms with van der Waals surface area (Å²) in [4.78, 5) is 23.4. The summed E-state index contributed by atoms with van der Waals surface area (Å²) >= 11 is 1.48. The fraction of sp³-hybridized carbons (Fsp3) is 0.143. The van der Waals surface area contributed by atoms with E-state index < -0.39 is 5.91 Å². The van der Waals surface area contributed by atoms with Crippen molar-refractivity contribution >= 4 is 28.8 Å². The minimum Gasteiger partial charge on any atom is -0.380 e. The summed E-state index contributed by atoms with van der Waals surface area (Å²) in [6, 6.07) is 8.97. The normalized spacial score (nSPS) is 10.1. The maximum Gasteiger partial charge on any atom is 0.251 e. The molecule has 0 aliphatic carbocycles. The molecule has 4 N–H and O–H groups in total. The topological polar surface area (TPSA) is 84.2 Å². The Morgan fingerprint density at radius 1 is 1.20 bits per heavy atom. The first-order valence-corrected chi connectivity index (χ1v) is 6.91. The predicted octanol–water partition coefficient (Wildman–Crippen LogP) is 1.82. The summed E-state index contributed by atoms with van der Waals surface area (Å²) in [5.41, 5.74) is 7.26. The predicted molar refractivity (Wildman–Crippen MR) is 80.0 cm³/mol.